The van der Waals surface area contributed by atoms with Gasteiger partial charge in [-0.25, -0.2) is 9.67 Å². The molecule has 2 aromatic carbocycles. The van der Waals surface area contributed by atoms with Gasteiger partial charge in [-0.1, -0.05) is 35.5 Å². The molecule has 0 radical (unpaired) electrons. The Hall–Kier alpha value is -3.76. The molecular formula is C21H19N7. The standard InChI is InChI=1S/C21H19N7/c22-8-7-16-1-4-18(5-2-16)20-6-3-17(12-23)11-19(20)13-27-14-21(24-15-27)28-10-9-25-26-28/h1-6,9-11,14-15H,7-8,13,22H2. The van der Waals surface area contributed by atoms with Gasteiger partial charge in [-0.15, -0.1) is 5.10 Å². The second-order valence-corrected chi connectivity index (χ2v) is 6.47. The summed E-state index contributed by atoms with van der Waals surface area (Å²) >= 11 is 0. The Morgan fingerprint density at radius 2 is 1.96 bits per heavy atom. The van der Waals surface area contributed by atoms with Crippen molar-refractivity contribution in [1.29, 1.82) is 5.26 Å². The number of hydrogen-bond acceptors (Lipinski definition) is 5. The lowest BCUT2D eigenvalue weighted by atomic mass is 9.96. The largest absolute Gasteiger partial charge is 0.331 e. The molecule has 0 amide bonds. The average molecular weight is 369 g/mol. The summed E-state index contributed by atoms with van der Waals surface area (Å²) < 4.78 is 3.58. The van der Waals surface area contributed by atoms with E-state index in [4.69, 9.17) is 5.73 Å². The zero-order valence-electron chi connectivity index (χ0n) is 15.2. The highest BCUT2D eigenvalue weighted by Crippen LogP contribution is 2.26. The minimum Gasteiger partial charge on any atom is -0.331 e. The van der Waals surface area contributed by atoms with Gasteiger partial charge in [-0.2, -0.15) is 5.26 Å². The Balaban J connectivity index is 1.67. The van der Waals surface area contributed by atoms with Gasteiger partial charge in [0, 0.05) is 6.54 Å². The van der Waals surface area contributed by atoms with Crippen LogP contribution in [0.5, 0.6) is 0 Å². The van der Waals surface area contributed by atoms with Gasteiger partial charge in [0.1, 0.15) is 0 Å². The lowest BCUT2D eigenvalue weighted by Crippen LogP contribution is -2.02. The molecular weight excluding hydrogens is 350 g/mol. The van der Waals surface area contributed by atoms with Crippen molar-refractivity contribution in [2.75, 3.05) is 6.54 Å². The predicted octanol–water partition coefficient (Wildman–Crippen LogP) is 2.55. The van der Waals surface area contributed by atoms with Gasteiger partial charge in [-0.05, 0) is 47.4 Å². The summed E-state index contributed by atoms with van der Waals surface area (Å²) in [5.74, 6) is 0.696. The molecule has 7 heteroatoms. The van der Waals surface area contributed by atoms with Crippen LogP contribution in [0, 0.1) is 11.3 Å². The molecule has 4 aromatic rings. The zero-order valence-corrected chi connectivity index (χ0v) is 15.2. The quantitative estimate of drug-likeness (QED) is 0.563. The second kappa shape index (κ2) is 7.86. The number of nitriles is 1. The van der Waals surface area contributed by atoms with Crippen molar-refractivity contribution in [3.63, 3.8) is 0 Å². The summed E-state index contributed by atoms with van der Waals surface area (Å²) in [6, 6.07) is 16.4. The summed E-state index contributed by atoms with van der Waals surface area (Å²) in [4.78, 5) is 4.38. The summed E-state index contributed by atoms with van der Waals surface area (Å²) in [7, 11) is 0. The van der Waals surface area contributed by atoms with E-state index < -0.39 is 0 Å². The number of hydrogen-bond donors (Lipinski definition) is 1. The molecule has 0 bridgehead atoms. The van der Waals surface area contributed by atoms with E-state index >= 15 is 0 Å². The number of nitrogens with zero attached hydrogens (tertiary/aromatic N) is 6. The first-order valence-electron chi connectivity index (χ1n) is 8.97. The molecule has 2 aromatic heterocycles. The van der Waals surface area contributed by atoms with E-state index in [1.165, 1.54) is 5.56 Å². The lowest BCUT2D eigenvalue weighted by Gasteiger charge is -2.12. The fraction of sp³-hybridized carbons (Fsp3) is 0.143. The van der Waals surface area contributed by atoms with Crippen molar-refractivity contribution in [1.82, 2.24) is 24.5 Å². The molecule has 0 saturated carbocycles. The van der Waals surface area contributed by atoms with Crippen molar-refractivity contribution in [3.8, 4) is 23.0 Å². The molecule has 0 unspecified atom stereocenters. The highest BCUT2D eigenvalue weighted by atomic mass is 15.4. The number of nitrogens with two attached hydrogens (primary N) is 1. The first-order valence-corrected chi connectivity index (χ1v) is 8.97. The van der Waals surface area contributed by atoms with Gasteiger partial charge in [0.15, 0.2) is 5.82 Å². The number of benzene rings is 2. The molecule has 0 saturated heterocycles. The fourth-order valence-electron chi connectivity index (χ4n) is 3.17. The Morgan fingerprint density at radius 3 is 2.68 bits per heavy atom. The van der Waals surface area contributed by atoms with Crippen molar-refractivity contribution in [2.24, 2.45) is 5.73 Å². The number of imidazole rings is 1. The maximum absolute atomic E-state index is 9.31. The summed E-state index contributed by atoms with van der Waals surface area (Å²) in [6.45, 7) is 1.23. The van der Waals surface area contributed by atoms with Crippen LogP contribution in [0.15, 0.2) is 67.4 Å². The van der Waals surface area contributed by atoms with Crippen molar-refractivity contribution >= 4 is 0 Å². The van der Waals surface area contributed by atoms with E-state index in [9.17, 15) is 5.26 Å². The van der Waals surface area contributed by atoms with E-state index in [0.29, 0.717) is 24.5 Å². The van der Waals surface area contributed by atoms with Crippen molar-refractivity contribution in [2.45, 2.75) is 13.0 Å². The number of aromatic nitrogens is 5. The third kappa shape index (κ3) is 3.68. The van der Waals surface area contributed by atoms with E-state index in [1.54, 1.807) is 23.4 Å². The topological polar surface area (TPSA) is 98.3 Å². The Bertz CT molecular complexity index is 1100. The van der Waals surface area contributed by atoms with Crippen LogP contribution in [0.1, 0.15) is 16.7 Å². The zero-order chi connectivity index (χ0) is 19.3. The van der Waals surface area contributed by atoms with Crippen LogP contribution < -0.4 is 5.73 Å². The molecule has 138 valence electrons. The monoisotopic (exact) mass is 369 g/mol. The lowest BCUT2D eigenvalue weighted by molar-refractivity contribution is 0.777. The maximum atomic E-state index is 9.31. The van der Waals surface area contributed by atoms with Crippen LogP contribution >= 0.6 is 0 Å². The molecule has 0 aliphatic heterocycles. The summed E-state index contributed by atoms with van der Waals surface area (Å²) in [5, 5.41) is 17.1. The molecule has 2 N–H and O–H groups in total. The summed E-state index contributed by atoms with van der Waals surface area (Å²) in [6.07, 6.45) is 7.88. The van der Waals surface area contributed by atoms with E-state index in [-0.39, 0.29) is 0 Å². The Morgan fingerprint density at radius 1 is 1.11 bits per heavy atom. The van der Waals surface area contributed by atoms with Crippen molar-refractivity contribution < 1.29 is 0 Å². The van der Waals surface area contributed by atoms with E-state index in [2.05, 4.69) is 45.6 Å². The molecule has 0 spiro atoms. The minimum atomic E-state index is 0.594. The maximum Gasteiger partial charge on any atom is 0.172 e. The highest BCUT2D eigenvalue weighted by Gasteiger charge is 2.09. The van der Waals surface area contributed by atoms with Crippen LogP contribution in [0.4, 0.5) is 0 Å². The molecule has 4 rings (SSSR count). The molecule has 0 fully saturated rings. The molecule has 0 atom stereocenters. The van der Waals surface area contributed by atoms with Gasteiger partial charge in [-0.3, -0.25) is 0 Å². The normalized spacial score (nSPS) is 10.7. The Kier molecular flexibility index (Phi) is 4.95. The minimum absolute atomic E-state index is 0.594. The Labute approximate surface area is 162 Å². The van der Waals surface area contributed by atoms with Crippen molar-refractivity contribution in [3.05, 3.63) is 84.1 Å². The summed E-state index contributed by atoms with van der Waals surface area (Å²) in [5.41, 5.74) is 10.7. The van der Waals surface area contributed by atoms with Crippen LogP contribution in [0.3, 0.4) is 0 Å². The van der Waals surface area contributed by atoms with Crippen LogP contribution in [0.2, 0.25) is 0 Å². The SMILES string of the molecule is N#Cc1ccc(-c2ccc(CCN)cc2)c(Cn2cnc(-n3ccnn3)c2)c1. The van der Waals surface area contributed by atoms with Gasteiger partial charge in [0.05, 0.1) is 36.6 Å². The molecule has 7 nitrogen and oxygen atoms in total. The van der Waals surface area contributed by atoms with Gasteiger partial charge >= 0.3 is 0 Å². The third-order valence-corrected chi connectivity index (χ3v) is 4.56. The average Bonchev–Trinajstić information content (AvgIpc) is 3.41. The van der Waals surface area contributed by atoms with Gasteiger partial charge < -0.3 is 10.3 Å². The molecule has 0 aliphatic rings. The fourth-order valence-corrected chi connectivity index (χ4v) is 3.17. The van der Waals surface area contributed by atoms with E-state index in [1.807, 2.05) is 29.0 Å². The van der Waals surface area contributed by atoms with Crippen LogP contribution in [-0.4, -0.2) is 31.1 Å². The van der Waals surface area contributed by atoms with E-state index in [0.717, 1.165) is 23.1 Å². The van der Waals surface area contributed by atoms with Crippen LogP contribution in [0.25, 0.3) is 16.9 Å². The third-order valence-electron chi connectivity index (χ3n) is 4.56. The van der Waals surface area contributed by atoms with Crippen LogP contribution in [-0.2, 0) is 13.0 Å². The molecule has 0 aliphatic carbocycles. The first kappa shape index (κ1) is 17.6. The predicted molar refractivity (Wildman–Crippen MR) is 106 cm³/mol. The van der Waals surface area contributed by atoms with Gasteiger partial charge in [0.2, 0.25) is 0 Å². The number of rotatable bonds is 6. The first-order chi connectivity index (χ1) is 13.8. The second-order valence-electron chi connectivity index (χ2n) is 6.47. The highest BCUT2D eigenvalue weighted by molar-refractivity contribution is 5.68. The smallest absolute Gasteiger partial charge is 0.172 e. The van der Waals surface area contributed by atoms with Gasteiger partial charge in [0.25, 0.3) is 0 Å². The molecule has 28 heavy (non-hydrogen) atoms. The molecule has 2 heterocycles.